The number of aryl methyl sites for hydroxylation is 1. The molecule has 0 aliphatic carbocycles. The van der Waals surface area contributed by atoms with Crippen LogP contribution in [0.1, 0.15) is 15.9 Å². The largest absolute Gasteiger partial charge is 0.508 e. The number of hydrogen-bond donors (Lipinski definition) is 2. The first kappa shape index (κ1) is 13.2. The summed E-state index contributed by atoms with van der Waals surface area (Å²) in [7, 11) is 0. The van der Waals surface area contributed by atoms with Crippen molar-refractivity contribution in [2.45, 2.75) is 6.92 Å². The van der Waals surface area contributed by atoms with Gasteiger partial charge in [-0.2, -0.15) is 0 Å². The van der Waals surface area contributed by atoms with Crippen molar-refractivity contribution < 1.29 is 9.90 Å². The minimum atomic E-state index is -0.229. The Hall–Kier alpha value is -2.81. The summed E-state index contributed by atoms with van der Waals surface area (Å²) in [6.07, 6.45) is 0. The van der Waals surface area contributed by atoms with E-state index in [4.69, 9.17) is 0 Å². The first-order valence-corrected chi connectivity index (χ1v) is 6.74. The highest BCUT2D eigenvalue weighted by Crippen LogP contribution is 2.30. The first-order chi connectivity index (χ1) is 10.2. The quantitative estimate of drug-likeness (QED) is 0.740. The van der Waals surface area contributed by atoms with E-state index in [2.05, 4.69) is 5.32 Å². The lowest BCUT2D eigenvalue weighted by molar-refractivity contribution is 0.102. The summed E-state index contributed by atoms with van der Waals surface area (Å²) in [6.45, 7) is 1.84. The molecule has 3 aromatic carbocycles. The molecule has 0 atom stereocenters. The van der Waals surface area contributed by atoms with Crippen molar-refractivity contribution in [1.82, 2.24) is 0 Å². The van der Waals surface area contributed by atoms with Gasteiger partial charge in [-0.05, 0) is 41.5 Å². The van der Waals surface area contributed by atoms with Gasteiger partial charge in [0.2, 0.25) is 0 Å². The molecule has 104 valence electrons. The monoisotopic (exact) mass is 277 g/mol. The van der Waals surface area contributed by atoms with Crippen LogP contribution in [0.5, 0.6) is 5.75 Å². The number of anilines is 1. The molecule has 3 aromatic rings. The highest BCUT2D eigenvalue weighted by atomic mass is 16.3. The molecule has 0 heterocycles. The number of phenols is 1. The van der Waals surface area contributed by atoms with Gasteiger partial charge in [0, 0.05) is 5.69 Å². The van der Waals surface area contributed by atoms with Crippen LogP contribution in [0.4, 0.5) is 5.69 Å². The van der Waals surface area contributed by atoms with E-state index in [0.717, 1.165) is 22.0 Å². The molecular weight excluding hydrogens is 262 g/mol. The lowest BCUT2D eigenvalue weighted by Gasteiger charge is -2.11. The molecule has 0 unspecified atom stereocenters. The number of carbonyl (C=O) groups excluding carboxylic acids is 1. The van der Waals surface area contributed by atoms with Crippen LogP contribution in [0.15, 0.2) is 60.7 Å². The van der Waals surface area contributed by atoms with Gasteiger partial charge in [-0.3, -0.25) is 4.79 Å². The molecule has 0 fully saturated rings. The van der Waals surface area contributed by atoms with E-state index in [0.29, 0.717) is 5.56 Å². The summed E-state index contributed by atoms with van der Waals surface area (Å²) in [5, 5.41) is 14.6. The first-order valence-electron chi connectivity index (χ1n) is 6.74. The molecule has 1 amide bonds. The molecule has 0 radical (unpaired) electrons. The van der Waals surface area contributed by atoms with Gasteiger partial charge < -0.3 is 10.4 Å². The van der Waals surface area contributed by atoms with Gasteiger partial charge >= 0.3 is 0 Å². The Bertz CT molecular complexity index is 810. The van der Waals surface area contributed by atoms with Crippen LogP contribution < -0.4 is 5.32 Å². The van der Waals surface area contributed by atoms with Crippen LogP contribution in [-0.2, 0) is 0 Å². The summed E-state index contributed by atoms with van der Waals surface area (Å²) in [4.78, 5) is 12.5. The molecule has 0 aliphatic rings. The van der Waals surface area contributed by atoms with E-state index < -0.39 is 0 Å². The van der Waals surface area contributed by atoms with E-state index in [-0.39, 0.29) is 11.7 Å². The second kappa shape index (κ2) is 5.29. The summed E-state index contributed by atoms with van der Waals surface area (Å²) in [5.41, 5.74) is 1.98. The van der Waals surface area contributed by atoms with Crippen molar-refractivity contribution in [3.63, 3.8) is 0 Å². The third kappa shape index (κ3) is 2.46. The summed E-state index contributed by atoms with van der Waals surface area (Å²) >= 11 is 0. The van der Waals surface area contributed by atoms with Crippen molar-refractivity contribution in [2.24, 2.45) is 0 Å². The zero-order chi connectivity index (χ0) is 14.8. The fourth-order valence-electron chi connectivity index (χ4n) is 2.41. The van der Waals surface area contributed by atoms with Gasteiger partial charge in [-0.25, -0.2) is 0 Å². The molecule has 3 nitrogen and oxygen atoms in total. The van der Waals surface area contributed by atoms with Crippen LogP contribution in [-0.4, -0.2) is 11.0 Å². The van der Waals surface area contributed by atoms with Gasteiger partial charge in [-0.15, -0.1) is 0 Å². The van der Waals surface area contributed by atoms with Crippen molar-refractivity contribution in [1.29, 1.82) is 0 Å². The SMILES string of the molecule is Cc1c(O)cc(C(=O)Nc2ccccc2)c2ccccc12. The average Bonchev–Trinajstić information content (AvgIpc) is 2.52. The van der Waals surface area contributed by atoms with E-state index in [1.54, 1.807) is 0 Å². The molecular formula is C18H15NO2. The lowest BCUT2D eigenvalue weighted by atomic mass is 9.99. The minimum Gasteiger partial charge on any atom is -0.508 e. The second-order valence-corrected chi connectivity index (χ2v) is 4.93. The number of para-hydroxylation sites is 1. The molecule has 0 aliphatic heterocycles. The lowest BCUT2D eigenvalue weighted by Crippen LogP contribution is -2.12. The molecule has 3 rings (SSSR count). The number of aromatic hydroxyl groups is 1. The molecule has 3 heteroatoms. The van der Waals surface area contributed by atoms with Gasteiger partial charge in [0.15, 0.2) is 0 Å². The topological polar surface area (TPSA) is 49.3 Å². The Morgan fingerprint density at radius 2 is 1.57 bits per heavy atom. The predicted molar refractivity (Wildman–Crippen MR) is 84.7 cm³/mol. The van der Waals surface area contributed by atoms with Crippen molar-refractivity contribution in [3.8, 4) is 5.75 Å². The van der Waals surface area contributed by atoms with Gasteiger partial charge in [-0.1, -0.05) is 42.5 Å². The zero-order valence-electron chi connectivity index (χ0n) is 11.6. The Balaban J connectivity index is 2.08. The molecule has 21 heavy (non-hydrogen) atoms. The minimum absolute atomic E-state index is 0.131. The molecule has 0 aromatic heterocycles. The maximum Gasteiger partial charge on any atom is 0.256 e. The second-order valence-electron chi connectivity index (χ2n) is 4.93. The Morgan fingerprint density at radius 3 is 2.29 bits per heavy atom. The van der Waals surface area contributed by atoms with Crippen LogP contribution in [0.2, 0.25) is 0 Å². The maximum absolute atomic E-state index is 12.5. The Kier molecular flexibility index (Phi) is 3.32. The molecule has 0 bridgehead atoms. The van der Waals surface area contributed by atoms with Crippen molar-refractivity contribution in [3.05, 3.63) is 71.8 Å². The van der Waals surface area contributed by atoms with Crippen LogP contribution >= 0.6 is 0 Å². The average molecular weight is 277 g/mol. The number of hydrogen-bond acceptors (Lipinski definition) is 2. The molecule has 0 spiro atoms. The van der Waals surface area contributed by atoms with E-state index >= 15 is 0 Å². The number of benzene rings is 3. The molecule has 0 saturated carbocycles. The predicted octanol–water partition coefficient (Wildman–Crippen LogP) is 4.11. The fraction of sp³-hybridized carbons (Fsp3) is 0.0556. The third-order valence-corrected chi connectivity index (χ3v) is 3.56. The summed E-state index contributed by atoms with van der Waals surface area (Å²) < 4.78 is 0. The van der Waals surface area contributed by atoms with E-state index in [1.807, 2.05) is 61.5 Å². The molecule has 2 N–H and O–H groups in total. The summed E-state index contributed by atoms with van der Waals surface area (Å²) in [6, 6.07) is 18.4. The maximum atomic E-state index is 12.5. The number of phenolic OH excluding ortho intramolecular Hbond substituents is 1. The Labute approximate surface area is 122 Å². The zero-order valence-corrected chi connectivity index (χ0v) is 11.6. The number of fused-ring (bicyclic) bond motifs is 1. The van der Waals surface area contributed by atoms with Crippen LogP contribution in [0, 0.1) is 6.92 Å². The van der Waals surface area contributed by atoms with E-state index in [9.17, 15) is 9.90 Å². The highest BCUT2D eigenvalue weighted by molar-refractivity contribution is 6.14. The van der Waals surface area contributed by atoms with Crippen LogP contribution in [0.25, 0.3) is 10.8 Å². The van der Waals surface area contributed by atoms with Gasteiger partial charge in [0.1, 0.15) is 5.75 Å². The number of amides is 1. The van der Waals surface area contributed by atoms with Gasteiger partial charge in [0.25, 0.3) is 5.91 Å². The number of carbonyl (C=O) groups is 1. The summed E-state index contributed by atoms with van der Waals surface area (Å²) in [5.74, 6) is -0.0976. The van der Waals surface area contributed by atoms with Gasteiger partial charge in [0.05, 0.1) is 5.56 Å². The molecule has 0 saturated heterocycles. The fourth-order valence-corrected chi connectivity index (χ4v) is 2.41. The standard InChI is InChI=1S/C18H15NO2/c1-12-14-9-5-6-10-15(14)16(11-17(12)20)18(21)19-13-7-3-2-4-8-13/h2-11,20H,1H3,(H,19,21). The number of rotatable bonds is 2. The smallest absolute Gasteiger partial charge is 0.256 e. The van der Waals surface area contributed by atoms with E-state index in [1.165, 1.54) is 6.07 Å². The third-order valence-electron chi connectivity index (χ3n) is 3.56. The Morgan fingerprint density at radius 1 is 0.952 bits per heavy atom. The normalized spacial score (nSPS) is 10.5. The van der Waals surface area contributed by atoms with Crippen LogP contribution in [0.3, 0.4) is 0 Å². The van der Waals surface area contributed by atoms with Crippen molar-refractivity contribution in [2.75, 3.05) is 5.32 Å². The number of nitrogens with one attached hydrogen (secondary N) is 1. The van der Waals surface area contributed by atoms with Crippen molar-refractivity contribution >= 4 is 22.4 Å². The highest BCUT2D eigenvalue weighted by Gasteiger charge is 2.14.